The predicted octanol–water partition coefficient (Wildman–Crippen LogP) is 6.39. The van der Waals surface area contributed by atoms with Crippen LogP contribution in [-0.4, -0.2) is 20.6 Å². The van der Waals surface area contributed by atoms with Crippen LogP contribution in [0.15, 0.2) is 47.8 Å². The summed E-state index contributed by atoms with van der Waals surface area (Å²) in [4.78, 5) is 0. The van der Waals surface area contributed by atoms with Crippen LogP contribution in [0.25, 0.3) is 10.1 Å². The Morgan fingerprint density at radius 2 is 1.97 bits per heavy atom. The van der Waals surface area contributed by atoms with Crippen molar-refractivity contribution >= 4 is 21.4 Å². The van der Waals surface area contributed by atoms with Crippen molar-refractivity contribution in [1.82, 2.24) is 20.6 Å². The summed E-state index contributed by atoms with van der Waals surface area (Å²) in [6.45, 7) is 2.42. The third-order valence-corrected chi connectivity index (χ3v) is 7.48. The minimum Gasteiger partial charge on any atom is -0.489 e. The summed E-state index contributed by atoms with van der Waals surface area (Å²) in [6.07, 6.45) is 7.39. The van der Waals surface area contributed by atoms with Crippen molar-refractivity contribution in [2.75, 3.05) is 0 Å². The van der Waals surface area contributed by atoms with Crippen LogP contribution in [0, 0.1) is 11.8 Å². The van der Waals surface area contributed by atoms with Crippen LogP contribution in [0.4, 0.5) is 0 Å². The van der Waals surface area contributed by atoms with Crippen molar-refractivity contribution in [3.05, 3.63) is 70.4 Å². The fourth-order valence-electron chi connectivity index (χ4n) is 4.76. The number of hydrogen-bond donors (Lipinski definition) is 1. The van der Waals surface area contributed by atoms with E-state index in [0.29, 0.717) is 18.9 Å². The number of rotatable bonds is 7. The number of fused-ring (bicyclic) bond motifs is 1. The van der Waals surface area contributed by atoms with Gasteiger partial charge in [0.2, 0.25) is 0 Å². The fraction of sp³-hybridized carbons (Fsp3) is 0.370. The first-order valence-electron chi connectivity index (χ1n) is 11.7. The van der Waals surface area contributed by atoms with Gasteiger partial charge in [-0.2, -0.15) is 5.21 Å². The molecule has 1 aliphatic carbocycles. The van der Waals surface area contributed by atoms with E-state index in [9.17, 15) is 0 Å². The Morgan fingerprint density at radius 3 is 2.73 bits per heavy atom. The molecule has 1 N–H and O–H groups in total. The van der Waals surface area contributed by atoms with Gasteiger partial charge < -0.3 is 4.74 Å². The number of tetrazole rings is 1. The molecule has 6 heteroatoms. The van der Waals surface area contributed by atoms with Crippen LogP contribution < -0.4 is 4.74 Å². The summed E-state index contributed by atoms with van der Waals surface area (Å²) >= 11 is 1.87. The maximum absolute atomic E-state index is 6.13. The van der Waals surface area contributed by atoms with Crippen molar-refractivity contribution in [3.63, 3.8) is 0 Å². The van der Waals surface area contributed by atoms with Crippen molar-refractivity contribution in [2.45, 2.75) is 63.9 Å². The van der Waals surface area contributed by atoms with Gasteiger partial charge in [-0.1, -0.05) is 48.6 Å². The highest BCUT2D eigenvalue weighted by molar-refractivity contribution is 7.17. The number of benzene rings is 2. The van der Waals surface area contributed by atoms with E-state index < -0.39 is 0 Å². The molecule has 1 saturated carbocycles. The Hall–Kier alpha value is -3.17. The predicted molar refractivity (Wildman–Crippen MR) is 132 cm³/mol. The van der Waals surface area contributed by atoms with Crippen LogP contribution in [0.3, 0.4) is 0 Å². The summed E-state index contributed by atoms with van der Waals surface area (Å²) in [7, 11) is 0. The summed E-state index contributed by atoms with van der Waals surface area (Å²) < 4.78 is 7.51. The van der Waals surface area contributed by atoms with Gasteiger partial charge in [0.25, 0.3) is 0 Å². The largest absolute Gasteiger partial charge is 0.489 e. The molecule has 33 heavy (non-hydrogen) atoms. The molecule has 1 atom stereocenters. The lowest BCUT2D eigenvalue weighted by Crippen LogP contribution is -2.04. The molecule has 1 fully saturated rings. The van der Waals surface area contributed by atoms with Gasteiger partial charge in [-0.25, -0.2) is 0 Å². The third kappa shape index (κ3) is 5.09. The number of hydrogen-bond acceptors (Lipinski definition) is 5. The van der Waals surface area contributed by atoms with Gasteiger partial charge in [-0.05, 0) is 77.4 Å². The van der Waals surface area contributed by atoms with Gasteiger partial charge in [0.15, 0.2) is 5.82 Å². The summed E-state index contributed by atoms with van der Waals surface area (Å²) in [6, 6.07) is 15.0. The quantitative estimate of drug-likeness (QED) is 0.327. The summed E-state index contributed by atoms with van der Waals surface area (Å²) in [5, 5.41) is 18.1. The van der Waals surface area contributed by atoms with Gasteiger partial charge >= 0.3 is 0 Å². The van der Waals surface area contributed by atoms with Crippen molar-refractivity contribution in [3.8, 4) is 17.6 Å². The number of H-pyrrole nitrogens is 1. The highest BCUT2D eigenvalue weighted by Gasteiger charge is 2.19. The normalized spacial score (nSPS) is 15.2. The smallest absolute Gasteiger partial charge is 0.176 e. The molecule has 0 unspecified atom stereocenters. The second kappa shape index (κ2) is 10.2. The Labute approximate surface area is 198 Å². The molecule has 0 spiro atoms. The lowest BCUT2D eigenvalue weighted by Gasteiger charge is -2.21. The summed E-state index contributed by atoms with van der Waals surface area (Å²) in [5.74, 6) is 8.54. The van der Waals surface area contributed by atoms with Crippen molar-refractivity contribution < 1.29 is 4.74 Å². The molecule has 2 aromatic heterocycles. The Kier molecular flexibility index (Phi) is 6.68. The molecule has 0 saturated heterocycles. The van der Waals surface area contributed by atoms with Crippen LogP contribution in [0.5, 0.6) is 5.75 Å². The highest BCUT2D eigenvalue weighted by Crippen LogP contribution is 2.39. The van der Waals surface area contributed by atoms with Gasteiger partial charge in [-0.3, -0.25) is 0 Å². The van der Waals surface area contributed by atoms with Gasteiger partial charge in [0.05, 0.1) is 5.92 Å². The molecule has 0 aliphatic heterocycles. The van der Waals surface area contributed by atoms with E-state index in [1.54, 1.807) is 5.56 Å². The Morgan fingerprint density at radius 1 is 1.12 bits per heavy atom. The molecule has 0 radical (unpaired) electrons. The minimum absolute atomic E-state index is 0.0286. The van der Waals surface area contributed by atoms with Gasteiger partial charge in [-0.15, -0.1) is 27.5 Å². The number of ether oxygens (including phenoxy) is 1. The number of aromatic nitrogens is 4. The minimum atomic E-state index is 0.0286. The fourth-order valence-corrected chi connectivity index (χ4v) is 5.78. The maximum atomic E-state index is 6.13. The average Bonchev–Trinajstić information content (AvgIpc) is 3.53. The Bertz CT molecular complexity index is 1250. The highest BCUT2D eigenvalue weighted by atomic mass is 32.1. The maximum Gasteiger partial charge on any atom is 0.176 e. The Balaban J connectivity index is 1.26. The van der Waals surface area contributed by atoms with Crippen LogP contribution in [0.1, 0.15) is 73.4 Å². The molecule has 5 rings (SSSR count). The topological polar surface area (TPSA) is 63.7 Å². The zero-order chi connectivity index (χ0) is 22.5. The average molecular weight is 457 g/mol. The molecule has 2 heterocycles. The van der Waals surface area contributed by atoms with E-state index in [-0.39, 0.29) is 5.92 Å². The molecule has 1 aliphatic rings. The molecule has 168 valence electrons. The molecular weight excluding hydrogens is 428 g/mol. The van der Waals surface area contributed by atoms with Crippen molar-refractivity contribution in [2.24, 2.45) is 0 Å². The molecular formula is C27H28N4OS. The lowest BCUT2D eigenvalue weighted by molar-refractivity contribution is 0.306. The van der Waals surface area contributed by atoms with E-state index in [0.717, 1.165) is 17.2 Å². The van der Waals surface area contributed by atoms with Gasteiger partial charge in [0, 0.05) is 11.1 Å². The third-order valence-electron chi connectivity index (χ3n) is 6.50. The first-order chi connectivity index (χ1) is 16.3. The van der Waals surface area contributed by atoms with Crippen LogP contribution in [-0.2, 0) is 13.0 Å². The first kappa shape index (κ1) is 21.7. The second-order valence-corrected chi connectivity index (χ2v) is 9.60. The lowest BCUT2D eigenvalue weighted by atomic mass is 9.84. The van der Waals surface area contributed by atoms with E-state index in [1.165, 1.54) is 47.8 Å². The molecule has 2 aromatic carbocycles. The second-order valence-electron chi connectivity index (χ2n) is 8.69. The van der Waals surface area contributed by atoms with Gasteiger partial charge in [0.1, 0.15) is 12.4 Å². The van der Waals surface area contributed by atoms with Crippen LogP contribution >= 0.6 is 11.3 Å². The van der Waals surface area contributed by atoms with E-state index in [2.05, 4.69) is 68.2 Å². The zero-order valence-corrected chi connectivity index (χ0v) is 19.7. The number of nitrogens with one attached hydrogen (secondary N) is 1. The summed E-state index contributed by atoms with van der Waals surface area (Å²) in [5.41, 5.74) is 3.89. The molecule has 0 amide bonds. The van der Waals surface area contributed by atoms with E-state index >= 15 is 0 Å². The van der Waals surface area contributed by atoms with E-state index in [4.69, 9.17) is 4.74 Å². The van der Waals surface area contributed by atoms with Crippen molar-refractivity contribution in [1.29, 1.82) is 0 Å². The van der Waals surface area contributed by atoms with Crippen LogP contribution in [0.2, 0.25) is 0 Å². The standard InChI is InChI=1S/C27H28N4OS/c1-2-6-22(16-27-28-30-31-29-27)20-10-12-23(13-11-20)32-17-19-9-14-26-24(15-19)25(18-33-26)21-7-4-3-5-8-21/h9-15,18,21-22H,3-5,7-8,16-17H2,1H3,(H,28,29,30,31)/t22-/m0/s1. The number of aromatic amines is 1. The molecule has 4 aromatic rings. The number of nitrogens with zero attached hydrogens (tertiary/aromatic N) is 3. The first-order valence-corrected chi connectivity index (χ1v) is 12.6. The zero-order valence-electron chi connectivity index (χ0n) is 18.9. The monoisotopic (exact) mass is 456 g/mol. The van der Waals surface area contributed by atoms with E-state index in [1.807, 2.05) is 30.4 Å². The molecule has 0 bridgehead atoms. The SMILES string of the molecule is CC#C[C@@H](Cc1nn[nH]n1)c1ccc(OCc2ccc3scc(C4CCCCC4)c3c2)cc1. The number of thiophene rings is 1. The molecule has 5 nitrogen and oxygen atoms in total.